The monoisotopic (exact) mass is 387 g/mol. The van der Waals surface area contributed by atoms with Crippen molar-refractivity contribution in [2.45, 2.75) is 44.3 Å². The van der Waals surface area contributed by atoms with Crippen LogP contribution in [0.5, 0.6) is 0 Å². The SMILES string of the molecule is O=C(O)c1ccc(NCCCCCCCCS(=O)Cc2ccccc2)cc1. The molecular formula is C22H29NO3S. The molecule has 0 bridgehead atoms. The zero-order chi connectivity index (χ0) is 19.3. The Bertz CT molecular complexity index is 701. The van der Waals surface area contributed by atoms with Gasteiger partial charge in [0.2, 0.25) is 0 Å². The van der Waals surface area contributed by atoms with Crippen LogP contribution in [-0.4, -0.2) is 27.6 Å². The van der Waals surface area contributed by atoms with E-state index in [0.29, 0.717) is 11.3 Å². The number of carbonyl (C=O) groups is 1. The number of aromatic carboxylic acids is 1. The van der Waals surface area contributed by atoms with Crippen LogP contribution in [0, 0.1) is 0 Å². The van der Waals surface area contributed by atoms with E-state index < -0.39 is 16.8 Å². The second-order valence-corrected chi connectivity index (χ2v) is 8.28. The molecule has 0 aliphatic rings. The number of carboxylic acid groups (broad SMARTS) is 1. The predicted molar refractivity (Wildman–Crippen MR) is 113 cm³/mol. The van der Waals surface area contributed by atoms with Gasteiger partial charge in [0.25, 0.3) is 0 Å². The summed E-state index contributed by atoms with van der Waals surface area (Å²) in [6, 6.07) is 16.9. The smallest absolute Gasteiger partial charge is 0.335 e. The molecule has 1 atom stereocenters. The van der Waals surface area contributed by atoms with Crippen LogP contribution in [0.25, 0.3) is 0 Å². The average Bonchev–Trinajstić information content (AvgIpc) is 2.68. The van der Waals surface area contributed by atoms with E-state index in [-0.39, 0.29) is 0 Å². The molecule has 0 saturated carbocycles. The lowest BCUT2D eigenvalue weighted by Crippen LogP contribution is -2.02. The molecule has 146 valence electrons. The van der Waals surface area contributed by atoms with Gasteiger partial charge in [0, 0.05) is 34.5 Å². The van der Waals surface area contributed by atoms with Gasteiger partial charge in [-0.3, -0.25) is 4.21 Å². The maximum atomic E-state index is 12.0. The molecule has 4 nitrogen and oxygen atoms in total. The van der Waals surface area contributed by atoms with Crippen LogP contribution in [0.3, 0.4) is 0 Å². The van der Waals surface area contributed by atoms with Gasteiger partial charge < -0.3 is 10.4 Å². The van der Waals surface area contributed by atoms with E-state index in [1.54, 1.807) is 24.3 Å². The fraction of sp³-hybridized carbons (Fsp3) is 0.409. The third-order valence-corrected chi connectivity index (χ3v) is 5.83. The van der Waals surface area contributed by atoms with E-state index in [4.69, 9.17) is 5.11 Å². The Morgan fingerprint density at radius 2 is 1.48 bits per heavy atom. The van der Waals surface area contributed by atoms with E-state index in [9.17, 15) is 9.00 Å². The highest BCUT2D eigenvalue weighted by atomic mass is 32.2. The first-order valence-corrected chi connectivity index (χ1v) is 11.1. The maximum absolute atomic E-state index is 12.0. The Morgan fingerprint density at radius 1 is 0.852 bits per heavy atom. The van der Waals surface area contributed by atoms with E-state index in [1.165, 1.54) is 19.3 Å². The van der Waals surface area contributed by atoms with Crippen LogP contribution in [0.15, 0.2) is 54.6 Å². The molecule has 0 aliphatic carbocycles. The summed E-state index contributed by atoms with van der Waals surface area (Å²) in [7, 11) is -0.754. The molecule has 2 rings (SSSR count). The lowest BCUT2D eigenvalue weighted by atomic mass is 10.1. The van der Waals surface area contributed by atoms with E-state index in [0.717, 1.165) is 42.8 Å². The first-order valence-electron chi connectivity index (χ1n) is 9.61. The summed E-state index contributed by atoms with van der Waals surface area (Å²) in [5.41, 5.74) is 2.42. The summed E-state index contributed by atoms with van der Waals surface area (Å²) < 4.78 is 12.0. The van der Waals surface area contributed by atoms with Crippen LogP contribution < -0.4 is 5.32 Å². The minimum absolute atomic E-state index is 0.310. The zero-order valence-electron chi connectivity index (χ0n) is 15.7. The maximum Gasteiger partial charge on any atom is 0.335 e. The second-order valence-electron chi connectivity index (χ2n) is 6.70. The van der Waals surface area contributed by atoms with Crippen molar-refractivity contribution < 1.29 is 14.1 Å². The summed E-state index contributed by atoms with van der Waals surface area (Å²) >= 11 is 0. The number of anilines is 1. The minimum Gasteiger partial charge on any atom is -0.478 e. The van der Waals surface area contributed by atoms with Gasteiger partial charge >= 0.3 is 5.97 Å². The lowest BCUT2D eigenvalue weighted by Gasteiger charge is -2.07. The average molecular weight is 388 g/mol. The number of benzene rings is 2. The van der Waals surface area contributed by atoms with Crippen molar-refractivity contribution in [2.75, 3.05) is 17.6 Å². The van der Waals surface area contributed by atoms with Crippen molar-refractivity contribution in [3.05, 3.63) is 65.7 Å². The summed E-state index contributed by atoms with van der Waals surface area (Å²) in [5, 5.41) is 12.2. The fourth-order valence-corrected chi connectivity index (χ4v) is 4.13. The van der Waals surface area contributed by atoms with Crippen LogP contribution in [0.4, 0.5) is 5.69 Å². The first-order chi connectivity index (χ1) is 13.1. The second kappa shape index (κ2) is 12.3. The third kappa shape index (κ3) is 8.87. The summed E-state index contributed by atoms with van der Waals surface area (Å²) in [6.07, 6.45) is 6.84. The Morgan fingerprint density at radius 3 is 2.15 bits per heavy atom. The molecular weight excluding hydrogens is 358 g/mol. The molecule has 0 heterocycles. The van der Waals surface area contributed by atoms with Crippen LogP contribution in [-0.2, 0) is 16.6 Å². The fourth-order valence-electron chi connectivity index (χ4n) is 2.89. The van der Waals surface area contributed by atoms with Gasteiger partial charge in [0.1, 0.15) is 0 Å². The lowest BCUT2D eigenvalue weighted by molar-refractivity contribution is 0.0697. The van der Waals surface area contributed by atoms with E-state index >= 15 is 0 Å². The number of carboxylic acids is 1. The highest BCUT2D eigenvalue weighted by Crippen LogP contribution is 2.11. The molecule has 0 saturated heterocycles. The number of unbranched alkanes of at least 4 members (excludes halogenated alkanes) is 5. The minimum atomic E-state index is -0.898. The molecule has 0 aliphatic heterocycles. The zero-order valence-corrected chi connectivity index (χ0v) is 16.5. The number of hydrogen-bond acceptors (Lipinski definition) is 3. The summed E-state index contributed by atoms with van der Waals surface area (Å²) in [4.78, 5) is 10.8. The molecule has 0 radical (unpaired) electrons. The van der Waals surface area contributed by atoms with Gasteiger partial charge in [0.15, 0.2) is 0 Å². The molecule has 2 aromatic rings. The normalized spacial score (nSPS) is 11.9. The predicted octanol–water partition coefficient (Wildman–Crippen LogP) is 5.09. The van der Waals surface area contributed by atoms with Gasteiger partial charge in [-0.15, -0.1) is 0 Å². The van der Waals surface area contributed by atoms with Crippen molar-refractivity contribution in [3.8, 4) is 0 Å². The Balaban J connectivity index is 1.44. The number of hydrogen-bond donors (Lipinski definition) is 2. The van der Waals surface area contributed by atoms with Crippen molar-refractivity contribution in [1.29, 1.82) is 0 Å². The quantitative estimate of drug-likeness (QED) is 0.470. The Hall–Kier alpha value is -2.14. The Kier molecular flexibility index (Phi) is 9.63. The van der Waals surface area contributed by atoms with Crippen LogP contribution in [0.1, 0.15) is 54.4 Å². The van der Waals surface area contributed by atoms with Gasteiger partial charge in [-0.25, -0.2) is 4.79 Å². The summed E-state index contributed by atoms with van der Waals surface area (Å²) in [5.74, 6) is 0.563. The van der Waals surface area contributed by atoms with Gasteiger partial charge in [-0.05, 0) is 42.7 Å². The van der Waals surface area contributed by atoms with Gasteiger partial charge in [-0.2, -0.15) is 0 Å². The molecule has 0 amide bonds. The van der Waals surface area contributed by atoms with Crippen molar-refractivity contribution >= 4 is 22.5 Å². The molecule has 1 unspecified atom stereocenters. The molecule has 2 aromatic carbocycles. The van der Waals surface area contributed by atoms with E-state index in [1.807, 2.05) is 30.3 Å². The number of nitrogens with one attached hydrogen (secondary N) is 1. The number of rotatable bonds is 13. The van der Waals surface area contributed by atoms with Gasteiger partial charge in [-0.1, -0.05) is 56.0 Å². The topological polar surface area (TPSA) is 66.4 Å². The van der Waals surface area contributed by atoms with Crippen LogP contribution >= 0.6 is 0 Å². The molecule has 0 spiro atoms. The summed E-state index contributed by atoms with van der Waals surface area (Å²) in [6.45, 7) is 0.896. The molecule has 27 heavy (non-hydrogen) atoms. The molecule has 0 fully saturated rings. The van der Waals surface area contributed by atoms with E-state index in [2.05, 4.69) is 5.32 Å². The van der Waals surface area contributed by atoms with Crippen molar-refractivity contribution in [2.24, 2.45) is 0 Å². The van der Waals surface area contributed by atoms with Crippen LogP contribution in [0.2, 0.25) is 0 Å². The van der Waals surface area contributed by atoms with Crippen molar-refractivity contribution in [1.82, 2.24) is 0 Å². The molecule has 5 heteroatoms. The highest BCUT2D eigenvalue weighted by Gasteiger charge is 2.02. The third-order valence-electron chi connectivity index (χ3n) is 4.43. The molecule has 2 N–H and O–H groups in total. The van der Waals surface area contributed by atoms with Gasteiger partial charge in [0.05, 0.1) is 5.56 Å². The molecule has 0 aromatic heterocycles. The highest BCUT2D eigenvalue weighted by molar-refractivity contribution is 7.84. The largest absolute Gasteiger partial charge is 0.478 e. The van der Waals surface area contributed by atoms with Crippen molar-refractivity contribution in [3.63, 3.8) is 0 Å². The standard InChI is InChI=1S/C22H29NO3S/c24-22(25)20-12-14-21(15-13-20)23-16-8-3-1-2-4-9-17-27(26)18-19-10-6-5-7-11-19/h5-7,10-15,23H,1-4,8-9,16-18H2,(H,24,25). The first kappa shape index (κ1) is 21.2. The Labute approximate surface area is 164 Å².